The Morgan fingerprint density at radius 1 is 1.31 bits per heavy atom. The summed E-state index contributed by atoms with van der Waals surface area (Å²) in [5.41, 5.74) is 1.76. The van der Waals surface area contributed by atoms with Crippen LogP contribution in [0.15, 0.2) is 30.6 Å². The van der Waals surface area contributed by atoms with E-state index in [0.717, 1.165) is 11.3 Å². The van der Waals surface area contributed by atoms with Crippen LogP contribution in [0, 0.1) is 4.64 Å². The second-order valence-corrected chi connectivity index (χ2v) is 3.95. The van der Waals surface area contributed by atoms with Crippen molar-refractivity contribution in [3.8, 4) is 17.0 Å². The molecule has 82 valence electrons. The topological polar surface area (TPSA) is 37.9 Å². The molecule has 0 unspecified atom stereocenters. The molecule has 0 fully saturated rings. The number of rotatable bonds is 2. The smallest absolute Gasteiger partial charge is 0.179 e. The zero-order valence-corrected chi connectivity index (χ0v) is 10.1. The molecule has 1 aromatic carbocycles. The molecular weight excluding hydrogens is 244 g/mol. The van der Waals surface area contributed by atoms with Crippen LogP contribution in [0.5, 0.6) is 5.75 Å². The summed E-state index contributed by atoms with van der Waals surface area (Å²) in [6.45, 7) is 0. The predicted molar refractivity (Wildman–Crippen MR) is 66.4 cm³/mol. The SMILES string of the molecule is COc1c(-c2ccc(Cl)cc2)[nH]cnc1=S. The van der Waals surface area contributed by atoms with Gasteiger partial charge >= 0.3 is 0 Å². The average molecular weight is 253 g/mol. The Kier molecular flexibility index (Phi) is 3.22. The number of nitrogens with zero attached hydrogens (tertiary/aromatic N) is 1. The van der Waals surface area contributed by atoms with E-state index in [1.165, 1.54) is 0 Å². The van der Waals surface area contributed by atoms with Crippen molar-refractivity contribution < 1.29 is 4.74 Å². The van der Waals surface area contributed by atoms with Crippen molar-refractivity contribution in [1.29, 1.82) is 0 Å². The molecule has 0 aliphatic carbocycles. The van der Waals surface area contributed by atoms with E-state index in [1.807, 2.05) is 24.3 Å². The molecule has 0 saturated carbocycles. The first-order valence-electron chi connectivity index (χ1n) is 4.60. The minimum atomic E-state index is 0.436. The highest BCUT2D eigenvalue weighted by atomic mass is 35.5. The van der Waals surface area contributed by atoms with Gasteiger partial charge in [-0.05, 0) is 12.1 Å². The Morgan fingerprint density at radius 3 is 2.62 bits per heavy atom. The number of benzene rings is 1. The molecular formula is C11H9ClN2OS. The molecule has 0 radical (unpaired) electrons. The Hall–Kier alpha value is -1.39. The van der Waals surface area contributed by atoms with Gasteiger partial charge in [0.05, 0.1) is 19.1 Å². The van der Waals surface area contributed by atoms with Gasteiger partial charge < -0.3 is 9.72 Å². The first kappa shape index (κ1) is 11.1. The van der Waals surface area contributed by atoms with Crippen LogP contribution < -0.4 is 4.74 Å². The van der Waals surface area contributed by atoms with Gasteiger partial charge in [0.15, 0.2) is 10.4 Å². The van der Waals surface area contributed by atoms with Gasteiger partial charge in [0.2, 0.25) is 0 Å². The Bertz CT molecular complexity index is 551. The summed E-state index contributed by atoms with van der Waals surface area (Å²) in [4.78, 5) is 6.98. The van der Waals surface area contributed by atoms with Crippen molar-refractivity contribution in [2.24, 2.45) is 0 Å². The molecule has 0 saturated heterocycles. The molecule has 1 heterocycles. The van der Waals surface area contributed by atoms with Gasteiger partial charge in [0.1, 0.15) is 0 Å². The van der Waals surface area contributed by atoms with E-state index >= 15 is 0 Å². The quantitative estimate of drug-likeness (QED) is 0.832. The minimum absolute atomic E-state index is 0.436. The van der Waals surface area contributed by atoms with Gasteiger partial charge in [-0.25, -0.2) is 4.98 Å². The summed E-state index contributed by atoms with van der Waals surface area (Å²) in [6.07, 6.45) is 1.55. The molecule has 0 aliphatic rings. The van der Waals surface area contributed by atoms with Crippen molar-refractivity contribution in [2.75, 3.05) is 7.11 Å². The van der Waals surface area contributed by atoms with Gasteiger partial charge in [0.25, 0.3) is 0 Å². The van der Waals surface area contributed by atoms with Gasteiger partial charge in [-0.15, -0.1) is 0 Å². The fourth-order valence-electron chi connectivity index (χ4n) is 1.41. The van der Waals surface area contributed by atoms with Crippen molar-refractivity contribution in [3.63, 3.8) is 0 Å². The number of aromatic amines is 1. The summed E-state index contributed by atoms with van der Waals surface area (Å²) < 4.78 is 5.67. The molecule has 0 bridgehead atoms. The van der Waals surface area contributed by atoms with E-state index in [-0.39, 0.29) is 0 Å². The minimum Gasteiger partial charge on any atom is -0.491 e. The predicted octanol–water partition coefficient (Wildman–Crippen LogP) is 3.47. The summed E-state index contributed by atoms with van der Waals surface area (Å²) in [6, 6.07) is 7.41. The monoisotopic (exact) mass is 252 g/mol. The zero-order valence-electron chi connectivity index (χ0n) is 8.53. The normalized spacial score (nSPS) is 10.1. The van der Waals surface area contributed by atoms with Crippen LogP contribution >= 0.6 is 23.8 Å². The standard InChI is InChI=1S/C11H9ClN2OS/c1-15-10-9(13-6-14-11(10)16)7-2-4-8(12)5-3-7/h2-6H,1H3,(H,13,14,16). The van der Waals surface area contributed by atoms with E-state index in [2.05, 4.69) is 9.97 Å². The number of hydrogen-bond acceptors (Lipinski definition) is 3. The van der Waals surface area contributed by atoms with Gasteiger partial charge in [0, 0.05) is 10.6 Å². The summed E-state index contributed by atoms with van der Waals surface area (Å²) in [5.74, 6) is 0.569. The number of halogens is 1. The van der Waals surface area contributed by atoms with E-state index in [1.54, 1.807) is 13.4 Å². The van der Waals surface area contributed by atoms with Gasteiger partial charge in [-0.2, -0.15) is 0 Å². The Labute approximate surface area is 103 Å². The van der Waals surface area contributed by atoms with Crippen molar-refractivity contribution >= 4 is 23.8 Å². The second-order valence-electron chi connectivity index (χ2n) is 3.12. The third kappa shape index (κ3) is 2.08. The van der Waals surface area contributed by atoms with Gasteiger partial charge in [-0.1, -0.05) is 36.0 Å². The number of aromatic nitrogens is 2. The maximum Gasteiger partial charge on any atom is 0.179 e. The molecule has 16 heavy (non-hydrogen) atoms. The zero-order chi connectivity index (χ0) is 11.5. The molecule has 2 rings (SSSR count). The highest BCUT2D eigenvalue weighted by Gasteiger charge is 2.07. The van der Waals surface area contributed by atoms with Crippen LogP contribution in [0.25, 0.3) is 11.3 Å². The van der Waals surface area contributed by atoms with Crippen molar-refractivity contribution in [2.45, 2.75) is 0 Å². The fraction of sp³-hybridized carbons (Fsp3) is 0.0909. The lowest BCUT2D eigenvalue weighted by molar-refractivity contribution is 0.411. The fourth-order valence-corrected chi connectivity index (χ4v) is 1.77. The molecule has 0 spiro atoms. The summed E-state index contributed by atoms with van der Waals surface area (Å²) in [7, 11) is 1.57. The number of nitrogens with one attached hydrogen (secondary N) is 1. The van der Waals surface area contributed by atoms with Gasteiger partial charge in [-0.3, -0.25) is 0 Å². The largest absolute Gasteiger partial charge is 0.491 e. The summed E-state index contributed by atoms with van der Waals surface area (Å²) >= 11 is 10.9. The van der Waals surface area contributed by atoms with E-state index in [0.29, 0.717) is 15.4 Å². The Balaban J connectivity index is 2.60. The molecule has 3 nitrogen and oxygen atoms in total. The van der Waals surface area contributed by atoms with Crippen LogP contribution in [0.2, 0.25) is 5.02 Å². The number of H-pyrrole nitrogens is 1. The highest BCUT2D eigenvalue weighted by molar-refractivity contribution is 7.71. The molecule has 1 aromatic heterocycles. The molecule has 0 atom stereocenters. The van der Waals surface area contributed by atoms with Crippen LogP contribution in [0.1, 0.15) is 0 Å². The van der Waals surface area contributed by atoms with Crippen molar-refractivity contribution in [3.05, 3.63) is 40.3 Å². The first-order chi connectivity index (χ1) is 7.72. The number of methoxy groups -OCH3 is 1. The molecule has 1 N–H and O–H groups in total. The lowest BCUT2D eigenvalue weighted by atomic mass is 10.1. The van der Waals surface area contributed by atoms with E-state index < -0.39 is 0 Å². The third-order valence-electron chi connectivity index (χ3n) is 2.15. The van der Waals surface area contributed by atoms with Crippen LogP contribution in [0.4, 0.5) is 0 Å². The number of ether oxygens (including phenoxy) is 1. The number of hydrogen-bond donors (Lipinski definition) is 1. The van der Waals surface area contributed by atoms with Crippen LogP contribution in [0.3, 0.4) is 0 Å². The maximum absolute atomic E-state index is 5.83. The molecule has 2 aromatic rings. The second kappa shape index (κ2) is 4.63. The highest BCUT2D eigenvalue weighted by Crippen LogP contribution is 2.28. The van der Waals surface area contributed by atoms with E-state index in [9.17, 15) is 0 Å². The van der Waals surface area contributed by atoms with Crippen LogP contribution in [-0.4, -0.2) is 17.1 Å². The lowest BCUT2D eigenvalue weighted by Crippen LogP contribution is -1.93. The first-order valence-corrected chi connectivity index (χ1v) is 5.38. The lowest BCUT2D eigenvalue weighted by Gasteiger charge is -2.07. The Morgan fingerprint density at radius 2 is 2.00 bits per heavy atom. The van der Waals surface area contributed by atoms with E-state index in [4.69, 9.17) is 28.6 Å². The average Bonchev–Trinajstić information content (AvgIpc) is 2.30. The molecule has 5 heteroatoms. The maximum atomic E-state index is 5.83. The molecule has 0 aliphatic heterocycles. The summed E-state index contributed by atoms with van der Waals surface area (Å²) in [5, 5.41) is 0.690. The third-order valence-corrected chi connectivity index (χ3v) is 2.69. The van der Waals surface area contributed by atoms with Crippen LogP contribution in [-0.2, 0) is 0 Å². The molecule has 0 amide bonds. The van der Waals surface area contributed by atoms with Crippen molar-refractivity contribution in [1.82, 2.24) is 9.97 Å².